The van der Waals surface area contributed by atoms with E-state index >= 15 is 0 Å². The molecule has 3 saturated heterocycles. The van der Waals surface area contributed by atoms with Gasteiger partial charge in [-0.3, -0.25) is 4.90 Å². The first-order valence-corrected chi connectivity index (χ1v) is 8.21. The van der Waals surface area contributed by atoms with Crippen molar-refractivity contribution in [2.24, 2.45) is 11.8 Å². The van der Waals surface area contributed by atoms with E-state index in [4.69, 9.17) is 4.74 Å². The summed E-state index contributed by atoms with van der Waals surface area (Å²) in [6.07, 6.45) is 4.95. The molecule has 0 aromatic rings. The van der Waals surface area contributed by atoms with Gasteiger partial charge in [0.05, 0.1) is 12.2 Å². The Hall–Kier alpha value is -0.120. The van der Waals surface area contributed by atoms with Crippen LogP contribution < -0.4 is 5.32 Å². The number of rotatable bonds is 3. The molecule has 110 valence electrons. The smallest absolute Gasteiger partial charge is 0.0736 e. The highest BCUT2D eigenvalue weighted by Gasteiger charge is 2.47. The highest BCUT2D eigenvalue weighted by molar-refractivity contribution is 5.01. The summed E-state index contributed by atoms with van der Waals surface area (Å²) < 4.78 is 6.10. The third-order valence-corrected chi connectivity index (χ3v) is 5.50. The first-order valence-electron chi connectivity index (χ1n) is 8.21. The molecule has 5 atom stereocenters. The predicted octanol–water partition coefficient (Wildman–Crippen LogP) is 2.26. The van der Waals surface area contributed by atoms with Crippen molar-refractivity contribution in [2.45, 2.75) is 77.3 Å². The Morgan fingerprint density at radius 3 is 2.42 bits per heavy atom. The highest BCUT2D eigenvalue weighted by atomic mass is 16.5. The minimum absolute atomic E-state index is 0.525. The summed E-state index contributed by atoms with van der Waals surface area (Å²) in [7, 11) is 0. The van der Waals surface area contributed by atoms with Gasteiger partial charge >= 0.3 is 0 Å². The van der Waals surface area contributed by atoms with Crippen molar-refractivity contribution in [3.63, 3.8) is 0 Å². The average molecular weight is 266 g/mol. The van der Waals surface area contributed by atoms with E-state index in [0.29, 0.717) is 30.3 Å². The molecule has 3 aliphatic heterocycles. The number of ether oxygens (including phenoxy) is 1. The van der Waals surface area contributed by atoms with E-state index in [0.717, 1.165) is 18.4 Å². The lowest BCUT2D eigenvalue weighted by molar-refractivity contribution is 0.0102. The molecule has 3 heterocycles. The van der Waals surface area contributed by atoms with Gasteiger partial charge in [0.25, 0.3) is 0 Å². The molecule has 19 heavy (non-hydrogen) atoms. The van der Waals surface area contributed by atoms with Crippen LogP contribution in [-0.2, 0) is 4.74 Å². The second-order valence-corrected chi connectivity index (χ2v) is 7.44. The molecular formula is C16H30N2O. The number of fused-ring (bicyclic) bond motifs is 2. The van der Waals surface area contributed by atoms with Gasteiger partial charge in [0.2, 0.25) is 0 Å². The van der Waals surface area contributed by atoms with Crippen molar-refractivity contribution >= 4 is 0 Å². The first-order chi connectivity index (χ1) is 9.06. The fourth-order valence-electron chi connectivity index (χ4n) is 4.22. The Morgan fingerprint density at radius 2 is 1.89 bits per heavy atom. The topological polar surface area (TPSA) is 24.5 Å². The summed E-state index contributed by atoms with van der Waals surface area (Å²) in [5.74, 6) is 1.44. The normalized spacial score (nSPS) is 43.6. The molecule has 1 N–H and O–H groups in total. The number of nitrogens with zero attached hydrogens (tertiary/aromatic N) is 1. The molecule has 0 aliphatic carbocycles. The van der Waals surface area contributed by atoms with Crippen molar-refractivity contribution in [3.8, 4) is 0 Å². The number of nitrogens with one attached hydrogen (secondary N) is 1. The van der Waals surface area contributed by atoms with Crippen LogP contribution in [0.5, 0.6) is 0 Å². The second-order valence-electron chi connectivity index (χ2n) is 7.44. The van der Waals surface area contributed by atoms with Crippen LogP contribution >= 0.6 is 0 Å². The first kappa shape index (κ1) is 13.8. The Balaban J connectivity index is 1.73. The fraction of sp³-hybridized carbons (Fsp3) is 1.00. The molecule has 3 aliphatic rings. The number of piperazine rings is 1. The van der Waals surface area contributed by atoms with E-state index in [1.807, 2.05) is 0 Å². The Morgan fingerprint density at radius 1 is 1.11 bits per heavy atom. The number of hydrogen-bond donors (Lipinski definition) is 1. The molecule has 0 amide bonds. The fourth-order valence-corrected chi connectivity index (χ4v) is 4.22. The second kappa shape index (κ2) is 5.34. The minimum Gasteiger partial charge on any atom is -0.373 e. The monoisotopic (exact) mass is 266 g/mol. The highest BCUT2D eigenvalue weighted by Crippen LogP contribution is 2.39. The van der Waals surface area contributed by atoms with Gasteiger partial charge in [-0.15, -0.1) is 0 Å². The van der Waals surface area contributed by atoms with E-state index < -0.39 is 0 Å². The van der Waals surface area contributed by atoms with Crippen LogP contribution in [0.15, 0.2) is 0 Å². The van der Waals surface area contributed by atoms with E-state index in [9.17, 15) is 0 Å². The van der Waals surface area contributed by atoms with Gasteiger partial charge in [-0.2, -0.15) is 0 Å². The minimum atomic E-state index is 0.525. The summed E-state index contributed by atoms with van der Waals surface area (Å²) in [4.78, 5) is 2.80. The molecule has 2 bridgehead atoms. The zero-order valence-corrected chi connectivity index (χ0v) is 12.9. The Bertz CT molecular complexity index is 318. The SMILES string of the molecule is CC(C)C1CN(C2CC3CCC2O3)C(C(C)C)CN1. The summed E-state index contributed by atoms with van der Waals surface area (Å²) >= 11 is 0. The van der Waals surface area contributed by atoms with Crippen LogP contribution in [0.2, 0.25) is 0 Å². The summed E-state index contributed by atoms with van der Waals surface area (Å²) in [5.41, 5.74) is 0. The molecule has 3 nitrogen and oxygen atoms in total. The summed E-state index contributed by atoms with van der Waals surface area (Å²) in [6.45, 7) is 11.8. The Labute approximate surface area is 118 Å². The van der Waals surface area contributed by atoms with Crippen molar-refractivity contribution in [2.75, 3.05) is 13.1 Å². The van der Waals surface area contributed by atoms with Gasteiger partial charge in [0, 0.05) is 31.2 Å². The van der Waals surface area contributed by atoms with Gasteiger partial charge in [0.15, 0.2) is 0 Å². The molecule has 0 aromatic heterocycles. The van der Waals surface area contributed by atoms with Gasteiger partial charge in [-0.25, -0.2) is 0 Å². The van der Waals surface area contributed by atoms with Crippen LogP contribution in [-0.4, -0.2) is 48.3 Å². The molecule has 3 fully saturated rings. The zero-order chi connectivity index (χ0) is 13.6. The van der Waals surface area contributed by atoms with Crippen LogP contribution in [0.25, 0.3) is 0 Å². The van der Waals surface area contributed by atoms with E-state index in [1.54, 1.807) is 0 Å². The van der Waals surface area contributed by atoms with Crippen LogP contribution in [0.4, 0.5) is 0 Å². The van der Waals surface area contributed by atoms with Crippen molar-refractivity contribution in [3.05, 3.63) is 0 Å². The molecule has 0 saturated carbocycles. The van der Waals surface area contributed by atoms with Crippen LogP contribution in [0.3, 0.4) is 0 Å². The van der Waals surface area contributed by atoms with Gasteiger partial charge < -0.3 is 10.1 Å². The molecule has 3 rings (SSSR count). The molecule has 0 spiro atoms. The van der Waals surface area contributed by atoms with Gasteiger partial charge in [-0.1, -0.05) is 27.7 Å². The molecule has 5 unspecified atom stereocenters. The van der Waals surface area contributed by atoms with Crippen LogP contribution in [0, 0.1) is 11.8 Å². The van der Waals surface area contributed by atoms with E-state index in [2.05, 4.69) is 37.9 Å². The van der Waals surface area contributed by atoms with E-state index in [-0.39, 0.29) is 0 Å². The number of hydrogen-bond acceptors (Lipinski definition) is 3. The van der Waals surface area contributed by atoms with Crippen molar-refractivity contribution in [1.82, 2.24) is 10.2 Å². The Kier molecular flexibility index (Phi) is 3.89. The zero-order valence-electron chi connectivity index (χ0n) is 12.9. The largest absolute Gasteiger partial charge is 0.373 e. The lowest BCUT2D eigenvalue weighted by atomic mass is 9.87. The maximum Gasteiger partial charge on any atom is 0.0736 e. The maximum absolute atomic E-state index is 6.10. The molecule has 0 radical (unpaired) electrons. The average Bonchev–Trinajstić information content (AvgIpc) is 3.00. The van der Waals surface area contributed by atoms with Gasteiger partial charge in [-0.05, 0) is 31.1 Å². The van der Waals surface area contributed by atoms with Gasteiger partial charge in [0.1, 0.15) is 0 Å². The summed E-state index contributed by atoms with van der Waals surface area (Å²) in [6, 6.07) is 2.02. The molecule has 0 aromatic carbocycles. The lowest BCUT2D eigenvalue weighted by Crippen LogP contribution is -2.63. The lowest BCUT2D eigenvalue weighted by Gasteiger charge is -2.48. The molecular weight excluding hydrogens is 236 g/mol. The molecule has 3 heteroatoms. The van der Waals surface area contributed by atoms with Crippen molar-refractivity contribution < 1.29 is 4.74 Å². The summed E-state index contributed by atoms with van der Waals surface area (Å²) in [5, 5.41) is 3.76. The van der Waals surface area contributed by atoms with Crippen LogP contribution in [0.1, 0.15) is 47.0 Å². The third-order valence-electron chi connectivity index (χ3n) is 5.50. The standard InChI is InChI=1S/C16H30N2O/c1-10(2)13-9-18(15(8-17-13)11(3)4)14-7-12-5-6-16(14)19-12/h10-17H,5-9H2,1-4H3. The van der Waals surface area contributed by atoms with Crippen molar-refractivity contribution in [1.29, 1.82) is 0 Å². The maximum atomic E-state index is 6.10. The van der Waals surface area contributed by atoms with E-state index in [1.165, 1.54) is 25.8 Å². The predicted molar refractivity (Wildman–Crippen MR) is 78.3 cm³/mol. The quantitative estimate of drug-likeness (QED) is 0.848. The third kappa shape index (κ3) is 2.57.